The Morgan fingerprint density at radius 2 is 2.12 bits per heavy atom. The van der Waals surface area contributed by atoms with Crippen molar-refractivity contribution in [1.29, 1.82) is 0 Å². The topological polar surface area (TPSA) is 28.3 Å². The highest BCUT2D eigenvalue weighted by Gasteiger charge is 2.13. The monoisotopic (exact) mass is 234 g/mol. The molecule has 0 bridgehead atoms. The van der Waals surface area contributed by atoms with Crippen LogP contribution in [0, 0.1) is 5.82 Å². The van der Waals surface area contributed by atoms with Crippen LogP contribution in [-0.4, -0.2) is 36.2 Å². The lowest BCUT2D eigenvalue weighted by atomic mass is 10.1. The van der Waals surface area contributed by atoms with Gasteiger partial charge < -0.3 is 9.72 Å². The second kappa shape index (κ2) is 4.47. The van der Waals surface area contributed by atoms with Gasteiger partial charge in [0.05, 0.1) is 13.2 Å². The third-order valence-electron chi connectivity index (χ3n) is 3.23. The van der Waals surface area contributed by atoms with E-state index in [9.17, 15) is 4.39 Å². The number of rotatable bonds is 2. The van der Waals surface area contributed by atoms with E-state index in [0.29, 0.717) is 0 Å². The summed E-state index contributed by atoms with van der Waals surface area (Å²) in [5.41, 5.74) is 2.09. The largest absolute Gasteiger partial charge is 0.379 e. The van der Waals surface area contributed by atoms with Crippen molar-refractivity contribution >= 4 is 10.9 Å². The summed E-state index contributed by atoms with van der Waals surface area (Å²) < 4.78 is 18.4. The van der Waals surface area contributed by atoms with Gasteiger partial charge >= 0.3 is 0 Å². The fraction of sp³-hybridized carbons (Fsp3) is 0.385. The van der Waals surface area contributed by atoms with Crippen molar-refractivity contribution in [3.8, 4) is 0 Å². The van der Waals surface area contributed by atoms with Gasteiger partial charge in [0.25, 0.3) is 0 Å². The van der Waals surface area contributed by atoms with E-state index in [-0.39, 0.29) is 5.82 Å². The molecule has 1 aliphatic rings. The molecule has 0 atom stereocenters. The predicted molar refractivity (Wildman–Crippen MR) is 64.4 cm³/mol. The van der Waals surface area contributed by atoms with Crippen LogP contribution in [0.1, 0.15) is 5.56 Å². The van der Waals surface area contributed by atoms with Gasteiger partial charge in [-0.25, -0.2) is 4.39 Å². The molecular weight excluding hydrogens is 219 g/mol. The van der Waals surface area contributed by atoms with E-state index < -0.39 is 0 Å². The molecule has 2 heterocycles. The molecule has 1 aliphatic heterocycles. The van der Waals surface area contributed by atoms with E-state index in [1.807, 2.05) is 12.3 Å². The predicted octanol–water partition coefficient (Wildman–Crippen LogP) is 2.14. The fourth-order valence-corrected chi connectivity index (χ4v) is 2.29. The number of ether oxygens (including phenoxy) is 1. The van der Waals surface area contributed by atoms with Crippen molar-refractivity contribution in [1.82, 2.24) is 9.88 Å². The summed E-state index contributed by atoms with van der Waals surface area (Å²) in [7, 11) is 0. The number of morpholine rings is 1. The minimum Gasteiger partial charge on any atom is -0.379 e. The SMILES string of the molecule is Fc1ccc2c(CN3CCOCC3)c[nH]c2c1. The lowest BCUT2D eigenvalue weighted by Gasteiger charge is -2.26. The highest BCUT2D eigenvalue weighted by molar-refractivity contribution is 5.83. The lowest BCUT2D eigenvalue weighted by molar-refractivity contribution is 0.0343. The van der Waals surface area contributed by atoms with Crippen LogP contribution in [0.3, 0.4) is 0 Å². The van der Waals surface area contributed by atoms with E-state index in [4.69, 9.17) is 4.74 Å². The van der Waals surface area contributed by atoms with Crippen molar-refractivity contribution in [3.05, 3.63) is 35.8 Å². The highest BCUT2D eigenvalue weighted by atomic mass is 19.1. The Balaban J connectivity index is 1.84. The molecule has 0 amide bonds. The van der Waals surface area contributed by atoms with E-state index in [1.165, 1.54) is 17.7 Å². The second-order valence-corrected chi connectivity index (χ2v) is 4.39. The number of aromatic nitrogens is 1. The van der Waals surface area contributed by atoms with Crippen LogP contribution in [0.25, 0.3) is 10.9 Å². The summed E-state index contributed by atoms with van der Waals surface area (Å²) in [5.74, 6) is -0.197. The minimum atomic E-state index is -0.197. The summed E-state index contributed by atoms with van der Waals surface area (Å²) in [5, 5.41) is 1.11. The Morgan fingerprint density at radius 1 is 1.29 bits per heavy atom. The Kier molecular flexibility index (Phi) is 2.82. The molecule has 17 heavy (non-hydrogen) atoms. The normalized spacial score (nSPS) is 17.7. The third kappa shape index (κ3) is 2.18. The molecule has 3 rings (SSSR count). The van der Waals surface area contributed by atoms with Crippen LogP contribution >= 0.6 is 0 Å². The summed E-state index contributed by atoms with van der Waals surface area (Å²) in [6.45, 7) is 4.44. The van der Waals surface area contributed by atoms with Crippen LogP contribution in [0.15, 0.2) is 24.4 Å². The summed E-state index contributed by atoms with van der Waals surface area (Å²) >= 11 is 0. The lowest BCUT2D eigenvalue weighted by Crippen LogP contribution is -2.35. The first-order valence-corrected chi connectivity index (χ1v) is 5.88. The van der Waals surface area contributed by atoms with Crippen molar-refractivity contribution in [3.63, 3.8) is 0 Å². The number of benzene rings is 1. The van der Waals surface area contributed by atoms with Gasteiger partial charge in [-0.3, -0.25) is 4.90 Å². The maximum Gasteiger partial charge on any atom is 0.125 e. The van der Waals surface area contributed by atoms with Crippen molar-refractivity contribution < 1.29 is 9.13 Å². The zero-order valence-corrected chi connectivity index (χ0v) is 9.58. The van der Waals surface area contributed by atoms with Gasteiger partial charge in [-0.05, 0) is 23.8 Å². The van der Waals surface area contributed by atoms with Gasteiger partial charge in [-0.2, -0.15) is 0 Å². The highest BCUT2D eigenvalue weighted by Crippen LogP contribution is 2.20. The molecule has 0 aliphatic carbocycles. The molecule has 0 saturated carbocycles. The smallest absolute Gasteiger partial charge is 0.125 e. The molecule has 4 heteroatoms. The molecule has 0 radical (unpaired) electrons. The zero-order valence-electron chi connectivity index (χ0n) is 9.58. The van der Waals surface area contributed by atoms with Crippen LogP contribution in [0.5, 0.6) is 0 Å². The van der Waals surface area contributed by atoms with E-state index in [1.54, 1.807) is 0 Å². The third-order valence-corrected chi connectivity index (χ3v) is 3.23. The van der Waals surface area contributed by atoms with E-state index in [2.05, 4.69) is 9.88 Å². The van der Waals surface area contributed by atoms with E-state index in [0.717, 1.165) is 43.8 Å². The molecule has 1 fully saturated rings. The number of aromatic amines is 1. The van der Waals surface area contributed by atoms with Gasteiger partial charge in [0.1, 0.15) is 5.82 Å². The summed E-state index contributed by atoms with van der Waals surface area (Å²) in [6.07, 6.45) is 1.97. The number of hydrogen-bond acceptors (Lipinski definition) is 2. The number of H-pyrrole nitrogens is 1. The molecule has 0 spiro atoms. The number of halogens is 1. The van der Waals surface area contributed by atoms with Crippen LogP contribution in [-0.2, 0) is 11.3 Å². The van der Waals surface area contributed by atoms with E-state index >= 15 is 0 Å². The molecule has 1 aromatic carbocycles. The molecule has 90 valence electrons. The molecule has 3 nitrogen and oxygen atoms in total. The minimum absolute atomic E-state index is 0.197. The van der Waals surface area contributed by atoms with Crippen LogP contribution < -0.4 is 0 Å². The van der Waals surface area contributed by atoms with Crippen LogP contribution in [0.2, 0.25) is 0 Å². The Labute approximate surface area is 99.2 Å². The van der Waals surface area contributed by atoms with Crippen molar-refractivity contribution in [2.45, 2.75) is 6.54 Å². The summed E-state index contributed by atoms with van der Waals surface area (Å²) in [6, 6.07) is 4.90. The molecule has 1 saturated heterocycles. The second-order valence-electron chi connectivity index (χ2n) is 4.39. The maximum atomic E-state index is 13.1. The fourth-order valence-electron chi connectivity index (χ4n) is 2.29. The number of nitrogens with one attached hydrogen (secondary N) is 1. The summed E-state index contributed by atoms with van der Waals surface area (Å²) in [4.78, 5) is 5.48. The average molecular weight is 234 g/mol. The van der Waals surface area contributed by atoms with Crippen molar-refractivity contribution in [2.24, 2.45) is 0 Å². The standard InChI is InChI=1S/C13H15FN2O/c14-11-1-2-12-10(8-15-13(12)7-11)9-16-3-5-17-6-4-16/h1-2,7-8,15H,3-6,9H2. The van der Waals surface area contributed by atoms with Gasteiger partial charge in [0.15, 0.2) is 0 Å². The molecule has 1 aromatic heterocycles. The average Bonchev–Trinajstić information content (AvgIpc) is 2.73. The molecular formula is C13H15FN2O. The quantitative estimate of drug-likeness (QED) is 0.862. The first-order chi connectivity index (χ1) is 8.33. The van der Waals surface area contributed by atoms with Gasteiger partial charge in [-0.15, -0.1) is 0 Å². The number of nitrogens with zero attached hydrogens (tertiary/aromatic N) is 1. The Hall–Kier alpha value is -1.39. The van der Waals surface area contributed by atoms with Gasteiger partial charge in [0.2, 0.25) is 0 Å². The first kappa shape index (κ1) is 10.7. The number of hydrogen-bond donors (Lipinski definition) is 1. The van der Waals surface area contributed by atoms with Crippen molar-refractivity contribution in [2.75, 3.05) is 26.3 Å². The first-order valence-electron chi connectivity index (χ1n) is 5.88. The van der Waals surface area contributed by atoms with Crippen LogP contribution in [0.4, 0.5) is 4.39 Å². The molecule has 1 N–H and O–H groups in total. The number of fused-ring (bicyclic) bond motifs is 1. The Bertz CT molecular complexity index is 517. The maximum absolute atomic E-state index is 13.1. The molecule has 2 aromatic rings. The zero-order chi connectivity index (χ0) is 11.7. The van der Waals surface area contributed by atoms with Gasteiger partial charge in [0, 0.05) is 36.7 Å². The Morgan fingerprint density at radius 3 is 2.94 bits per heavy atom. The van der Waals surface area contributed by atoms with Gasteiger partial charge in [-0.1, -0.05) is 0 Å². The molecule has 0 unspecified atom stereocenters.